The molecule has 2 aliphatic carbocycles. The summed E-state index contributed by atoms with van der Waals surface area (Å²) in [5.41, 5.74) is -2.01. The molecule has 6 nitrogen and oxygen atoms in total. The highest BCUT2D eigenvalue weighted by atomic mass is 35.5. The van der Waals surface area contributed by atoms with Crippen LogP contribution in [0.5, 0.6) is 0 Å². The van der Waals surface area contributed by atoms with Crippen LogP contribution in [0.4, 0.5) is 11.4 Å². The fraction of sp³-hybridized carbons (Fsp3) is 0.176. The van der Waals surface area contributed by atoms with Crippen molar-refractivity contribution in [1.29, 1.82) is 0 Å². The van der Waals surface area contributed by atoms with Crippen molar-refractivity contribution in [2.24, 2.45) is 0 Å². The molecule has 0 aliphatic heterocycles. The largest absolute Gasteiger partial charge is 0.378 e. The van der Waals surface area contributed by atoms with Gasteiger partial charge >= 0.3 is 0 Å². The van der Waals surface area contributed by atoms with Gasteiger partial charge < -0.3 is 9.80 Å². The van der Waals surface area contributed by atoms with Crippen molar-refractivity contribution in [1.82, 2.24) is 0 Å². The third-order valence-electron chi connectivity index (χ3n) is 8.50. The lowest BCUT2D eigenvalue weighted by atomic mass is 9.52. The summed E-state index contributed by atoms with van der Waals surface area (Å²) in [4.78, 5) is 63.4. The normalized spacial score (nSPS) is 21.0. The molecule has 0 radical (unpaired) electrons. The van der Waals surface area contributed by atoms with E-state index < -0.39 is 34.0 Å². The van der Waals surface area contributed by atoms with E-state index in [0.717, 1.165) is 11.4 Å². The second-order valence-corrected chi connectivity index (χ2v) is 12.0. The van der Waals surface area contributed by atoms with E-state index in [0.29, 0.717) is 0 Å². The summed E-state index contributed by atoms with van der Waals surface area (Å²) in [6, 6.07) is 22.6. The highest BCUT2D eigenvalue weighted by molar-refractivity contribution is 6.46. The van der Waals surface area contributed by atoms with E-state index in [1.807, 2.05) is 38.0 Å². The van der Waals surface area contributed by atoms with E-state index in [1.54, 1.807) is 48.5 Å². The molecule has 4 aromatic rings. The first-order valence-corrected chi connectivity index (χ1v) is 14.1. The molecule has 0 unspecified atom stereocenters. The molecule has 0 bridgehead atoms. The lowest BCUT2D eigenvalue weighted by Gasteiger charge is -2.42. The van der Waals surface area contributed by atoms with Crippen LogP contribution in [0.3, 0.4) is 0 Å². The van der Waals surface area contributed by atoms with Crippen LogP contribution >= 0.6 is 23.2 Å². The second-order valence-electron chi connectivity index (χ2n) is 11.1. The quantitative estimate of drug-likeness (QED) is 0.246. The van der Waals surface area contributed by atoms with Crippen molar-refractivity contribution >= 4 is 57.7 Å². The number of carbonyl (C=O) groups is 4. The van der Waals surface area contributed by atoms with Gasteiger partial charge in [-0.1, -0.05) is 47.5 Å². The summed E-state index contributed by atoms with van der Waals surface area (Å²) in [7, 11) is 7.47. The Labute approximate surface area is 253 Å². The number of carbonyl (C=O) groups excluding carboxylic acids is 4. The first kappa shape index (κ1) is 27.9. The molecule has 2 atom stereocenters. The Morgan fingerprint density at radius 2 is 0.762 bits per heavy atom. The maximum Gasteiger partial charge on any atom is 0.183 e. The van der Waals surface area contributed by atoms with Crippen LogP contribution in [0.1, 0.15) is 52.6 Å². The lowest BCUT2D eigenvalue weighted by molar-refractivity contribution is 0.0557. The van der Waals surface area contributed by atoms with E-state index >= 15 is 0 Å². The average molecular weight is 597 g/mol. The molecule has 0 spiro atoms. The van der Waals surface area contributed by atoms with Gasteiger partial charge in [0.25, 0.3) is 0 Å². The SMILES string of the molecule is CN(C)c1ccc([C@]2([C@@]3(c4ccc(N(C)C)cc4)C(=O)c4ccc(Cl)cc4C3=O)C(=O)c3ccc(Cl)cc3C2=O)cc1. The zero-order chi connectivity index (χ0) is 30.1. The van der Waals surface area contributed by atoms with E-state index in [9.17, 15) is 19.2 Å². The maximum absolute atomic E-state index is 14.9. The number of halogens is 2. The highest BCUT2D eigenvalue weighted by Gasteiger charge is 2.75. The standard InChI is InChI=1S/C34H26Cl2N2O4/c1-37(2)23-11-5-19(6-12-23)33(29(39)25-15-9-21(35)17-27(25)31(33)41)34(20-7-13-24(14-8-20)38(3)4)30(40)26-16-10-22(36)18-28(26)32(34)42/h5-18H,1-4H3/t33-,34-/m0/s1. The van der Waals surface area contributed by atoms with Crippen LogP contribution in [0.25, 0.3) is 0 Å². The molecule has 0 amide bonds. The minimum atomic E-state index is -2.25. The molecule has 0 aromatic heterocycles. The zero-order valence-corrected chi connectivity index (χ0v) is 24.9. The molecule has 0 saturated carbocycles. The monoisotopic (exact) mass is 596 g/mol. The summed E-state index contributed by atoms with van der Waals surface area (Å²) < 4.78 is 0. The summed E-state index contributed by atoms with van der Waals surface area (Å²) in [6.45, 7) is 0. The van der Waals surface area contributed by atoms with Crippen LogP contribution in [0.2, 0.25) is 10.0 Å². The number of anilines is 2. The highest BCUT2D eigenvalue weighted by Crippen LogP contribution is 2.58. The fourth-order valence-electron chi connectivity index (χ4n) is 6.48. The summed E-state index contributed by atoms with van der Waals surface area (Å²) >= 11 is 12.6. The third-order valence-corrected chi connectivity index (χ3v) is 8.97. The van der Waals surface area contributed by atoms with Crippen LogP contribution in [0.15, 0.2) is 84.9 Å². The number of benzene rings is 4. The van der Waals surface area contributed by atoms with E-state index in [-0.39, 0.29) is 43.4 Å². The fourth-order valence-corrected chi connectivity index (χ4v) is 6.82. The minimum Gasteiger partial charge on any atom is -0.378 e. The number of hydrogen-bond donors (Lipinski definition) is 0. The van der Waals surface area contributed by atoms with E-state index in [1.165, 1.54) is 36.4 Å². The van der Waals surface area contributed by atoms with Crippen LogP contribution in [-0.4, -0.2) is 51.3 Å². The average Bonchev–Trinajstić information content (AvgIpc) is 3.32. The molecule has 210 valence electrons. The Morgan fingerprint density at radius 3 is 1.07 bits per heavy atom. The number of nitrogens with zero attached hydrogens (tertiary/aromatic N) is 2. The third kappa shape index (κ3) is 3.52. The molecule has 6 rings (SSSR count). The molecule has 4 aromatic carbocycles. The Morgan fingerprint density at radius 1 is 0.452 bits per heavy atom. The van der Waals surface area contributed by atoms with Crippen molar-refractivity contribution in [2.75, 3.05) is 38.0 Å². The predicted molar refractivity (Wildman–Crippen MR) is 165 cm³/mol. The number of Topliss-reactive ketones (excluding diaryl/α,β-unsaturated/α-hetero) is 4. The van der Waals surface area contributed by atoms with Crippen molar-refractivity contribution in [3.05, 3.63) is 128 Å². The van der Waals surface area contributed by atoms with E-state index in [2.05, 4.69) is 0 Å². The van der Waals surface area contributed by atoms with Crippen LogP contribution in [0, 0.1) is 0 Å². The molecular weight excluding hydrogens is 571 g/mol. The molecule has 0 N–H and O–H groups in total. The van der Waals surface area contributed by atoms with Gasteiger partial charge in [-0.05, 0) is 71.8 Å². The number of fused-ring (bicyclic) bond motifs is 2. The van der Waals surface area contributed by atoms with Crippen molar-refractivity contribution in [3.8, 4) is 0 Å². The molecule has 2 aliphatic rings. The zero-order valence-electron chi connectivity index (χ0n) is 23.4. The second kappa shape index (κ2) is 9.65. The van der Waals surface area contributed by atoms with Crippen LogP contribution in [-0.2, 0) is 10.8 Å². The molecular formula is C34H26Cl2N2O4. The Hall–Kier alpha value is -4.26. The van der Waals surface area contributed by atoms with Gasteiger partial charge in [0, 0.05) is 71.9 Å². The lowest BCUT2D eigenvalue weighted by Crippen LogP contribution is -2.62. The molecule has 0 saturated heterocycles. The Bertz CT molecular complexity index is 1690. The van der Waals surface area contributed by atoms with Gasteiger partial charge in [-0.15, -0.1) is 0 Å². The molecule has 42 heavy (non-hydrogen) atoms. The van der Waals surface area contributed by atoms with Gasteiger partial charge in [-0.2, -0.15) is 0 Å². The summed E-state index contributed by atoms with van der Waals surface area (Å²) in [6.07, 6.45) is 0. The first-order chi connectivity index (χ1) is 20.0. The van der Waals surface area contributed by atoms with Gasteiger partial charge in [-0.3, -0.25) is 19.2 Å². The summed E-state index contributed by atoms with van der Waals surface area (Å²) in [5, 5.41) is 0.523. The Kier molecular flexibility index (Phi) is 6.41. The topological polar surface area (TPSA) is 74.8 Å². The summed E-state index contributed by atoms with van der Waals surface area (Å²) in [5.74, 6) is -2.57. The minimum absolute atomic E-state index is 0.0723. The van der Waals surface area contributed by atoms with Gasteiger partial charge in [0.05, 0.1) is 0 Å². The first-order valence-electron chi connectivity index (χ1n) is 13.3. The number of hydrogen-bond acceptors (Lipinski definition) is 6. The number of rotatable bonds is 5. The maximum atomic E-state index is 14.9. The smallest absolute Gasteiger partial charge is 0.183 e. The van der Waals surface area contributed by atoms with Crippen LogP contribution < -0.4 is 9.80 Å². The number of ketones is 4. The predicted octanol–water partition coefficient (Wildman–Crippen LogP) is 6.46. The van der Waals surface area contributed by atoms with Gasteiger partial charge in [-0.25, -0.2) is 0 Å². The van der Waals surface area contributed by atoms with E-state index in [4.69, 9.17) is 23.2 Å². The van der Waals surface area contributed by atoms with Crippen molar-refractivity contribution in [3.63, 3.8) is 0 Å². The molecule has 0 heterocycles. The Balaban J connectivity index is 1.77. The molecule has 8 heteroatoms. The van der Waals surface area contributed by atoms with Crippen molar-refractivity contribution < 1.29 is 19.2 Å². The van der Waals surface area contributed by atoms with Crippen molar-refractivity contribution in [2.45, 2.75) is 10.8 Å². The van der Waals surface area contributed by atoms with Gasteiger partial charge in [0.15, 0.2) is 23.1 Å². The van der Waals surface area contributed by atoms with Gasteiger partial charge in [0.2, 0.25) is 0 Å². The molecule has 0 fully saturated rings. The van der Waals surface area contributed by atoms with Gasteiger partial charge in [0.1, 0.15) is 10.8 Å².